The highest BCUT2D eigenvalue weighted by Gasteiger charge is 2.37. The summed E-state index contributed by atoms with van der Waals surface area (Å²) >= 11 is 0. The summed E-state index contributed by atoms with van der Waals surface area (Å²) < 4.78 is 32.8. The predicted molar refractivity (Wildman–Crippen MR) is 481 cm³/mol. The van der Waals surface area contributed by atoms with Gasteiger partial charge in [-0.1, -0.05) is 236 Å². The van der Waals surface area contributed by atoms with Crippen LogP contribution in [0.1, 0.15) is 385 Å². The van der Waals surface area contributed by atoms with Gasteiger partial charge in [0.2, 0.25) is 0 Å². The molecule has 2 saturated carbocycles. The van der Waals surface area contributed by atoms with Crippen LogP contribution in [0.15, 0.2) is 134 Å². The topological polar surface area (TPSA) is 164 Å². The van der Waals surface area contributed by atoms with E-state index in [1.54, 1.807) is 0 Å². The lowest BCUT2D eigenvalue weighted by atomic mass is 10.0. The van der Waals surface area contributed by atoms with Crippen LogP contribution in [0.25, 0.3) is 0 Å². The first-order valence-electron chi connectivity index (χ1n) is 47.0. The van der Waals surface area contributed by atoms with Crippen molar-refractivity contribution in [1.29, 1.82) is 0 Å². The molecular weight excluding hydrogens is 1450 g/mol. The summed E-state index contributed by atoms with van der Waals surface area (Å²) in [7, 11) is 8.19. The van der Waals surface area contributed by atoms with Gasteiger partial charge in [0.25, 0.3) is 0 Å². The Morgan fingerprint density at radius 1 is 0.293 bits per heavy atom. The number of hydrogen-bond acceptors (Lipinski definition) is 14. The molecule has 2 fully saturated rings. The van der Waals surface area contributed by atoms with Gasteiger partial charge in [-0.2, -0.15) is 0 Å². The Kier molecular flexibility index (Phi) is 65.0. The quantitative estimate of drug-likeness (QED) is 0.0266. The van der Waals surface area contributed by atoms with Crippen LogP contribution in [0, 0.1) is 10.8 Å². The molecule has 14 nitrogen and oxygen atoms in total. The Morgan fingerprint density at radius 2 is 0.526 bits per heavy atom. The maximum absolute atomic E-state index is 12.7. The third-order valence-corrected chi connectivity index (χ3v) is 22.0. The zero-order valence-corrected chi connectivity index (χ0v) is 74.5. The molecule has 116 heavy (non-hydrogen) atoms. The number of ether oxygens (including phenoxy) is 6. The minimum absolute atomic E-state index is 0.0206. The SMILES string of the molecule is CCOC(=O)CCCC/C=C\CCCCCCCCC(CCCCCCCC/C=C\CCCCC(=O)OCC)OC(=O)CCCN(C)C.CN(C)CCCC(=O)OC(CCCCCCCC/C=C\C1(/C=C\CCCCC(=O)OCc2ccccc2)CC1)CCCCCCCC/C=C\C1(/C=C\CCCCC(=O)OCc2ccccc2)CC1. The Labute approximate surface area is 707 Å². The number of esters is 6. The van der Waals surface area contributed by atoms with E-state index >= 15 is 0 Å². The van der Waals surface area contributed by atoms with Gasteiger partial charge in [-0.05, 0) is 285 Å². The highest BCUT2D eigenvalue weighted by molar-refractivity contribution is 5.71. The van der Waals surface area contributed by atoms with Gasteiger partial charge in [0, 0.05) is 49.4 Å². The van der Waals surface area contributed by atoms with Gasteiger partial charge in [0.05, 0.1) is 13.2 Å². The molecule has 0 saturated heterocycles. The summed E-state index contributed by atoms with van der Waals surface area (Å²) in [5, 5.41) is 0. The lowest BCUT2D eigenvalue weighted by Gasteiger charge is -2.18. The maximum Gasteiger partial charge on any atom is 0.306 e. The van der Waals surface area contributed by atoms with Crippen LogP contribution in [0.2, 0.25) is 0 Å². The lowest BCUT2D eigenvalue weighted by molar-refractivity contribution is -0.151. The second kappa shape index (κ2) is 72.6. The van der Waals surface area contributed by atoms with Crippen molar-refractivity contribution in [3.63, 3.8) is 0 Å². The standard InChI is InChI=1S/C61H91NO6.C41H75NO6/c1-62(2)51-33-42-59(65)68-56(38-25-11-7-3-5-9-15-29-43-60(47-48-60)45-31-17-13-27-40-57(63)66-52-54-34-21-19-22-35-54)39-26-12-8-4-6-10-16-30-44-61(49-50-61)46-32-18-14-28-41-58(64)67-53-55-36-23-20-24-37-55;1-5-46-39(43)34-29-25-21-17-13-9-7-11-15-19-23-27-32-38(48-41(45)36-31-37-42(3)4)33-28-24-20-16-12-8-10-14-18-22-26-30-35-40(44)47-6-2/h19-24,29-32,34-37,43-46,56H,3-18,25-28,33,38-42,47-53H2,1-2H3;13-14,17-18,38H,5-12,15-16,19-37H2,1-4H3/b43-29-,44-30-,45-31-,46-32-;17-13-,18-14-. The number of carbonyl (C=O) groups is 6. The van der Waals surface area contributed by atoms with Crippen molar-refractivity contribution in [2.45, 2.75) is 399 Å². The molecule has 0 unspecified atom stereocenters. The second-order valence-electron chi connectivity index (χ2n) is 33.7. The molecule has 2 aromatic carbocycles. The van der Waals surface area contributed by atoms with Crippen LogP contribution >= 0.6 is 0 Å². The highest BCUT2D eigenvalue weighted by atomic mass is 16.6. The first-order valence-corrected chi connectivity index (χ1v) is 47.0. The average Bonchev–Trinajstić information content (AvgIpc) is 1.68. The minimum atomic E-state index is -0.106. The summed E-state index contributed by atoms with van der Waals surface area (Å²) in [6.45, 7) is 7.19. The minimum Gasteiger partial charge on any atom is -0.466 e. The second-order valence-corrected chi connectivity index (χ2v) is 33.7. The van der Waals surface area contributed by atoms with Gasteiger partial charge in [0.1, 0.15) is 25.4 Å². The fourth-order valence-electron chi connectivity index (χ4n) is 14.5. The van der Waals surface area contributed by atoms with E-state index in [0.717, 1.165) is 191 Å². The predicted octanol–water partition coefficient (Wildman–Crippen LogP) is 26.7. The Hall–Kier alpha value is -6.38. The number of rotatable bonds is 76. The molecule has 2 aliphatic rings. The third kappa shape index (κ3) is 64.6. The molecule has 0 heterocycles. The molecule has 14 heteroatoms. The number of carbonyl (C=O) groups excluding carboxylic acids is 6. The van der Waals surface area contributed by atoms with E-state index in [1.807, 2.05) is 88.6 Å². The molecule has 656 valence electrons. The molecule has 4 rings (SSSR count). The number of allylic oxidation sites excluding steroid dienone is 12. The van der Waals surface area contributed by atoms with Crippen LogP contribution in [-0.2, 0) is 70.4 Å². The van der Waals surface area contributed by atoms with E-state index in [-0.39, 0.29) is 58.9 Å². The number of benzene rings is 2. The smallest absolute Gasteiger partial charge is 0.306 e. The van der Waals surface area contributed by atoms with Gasteiger partial charge in [-0.3, -0.25) is 28.8 Å². The molecule has 0 bridgehead atoms. The van der Waals surface area contributed by atoms with Gasteiger partial charge in [0.15, 0.2) is 0 Å². The molecule has 0 spiro atoms. The van der Waals surface area contributed by atoms with Gasteiger partial charge >= 0.3 is 35.8 Å². The lowest BCUT2D eigenvalue weighted by Crippen LogP contribution is -2.20. The van der Waals surface area contributed by atoms with Crippen LogP contribution in [-0.4, -0.2) is 112 Å². The van der Waals surface area contributed by atoms with Crippen molar-refractivity contribution in [3.05, 3.63) is 145 Å². The molecule has 2 aliphatic carbocycles. The monoisotopic (exact) mass is 1610 g/mol. The van der Waals surface area contributed by atoms with Crippen molar-refractivity contribution in [3.8, 4) is 0 Å². The van der Waals surface area contributed by atoms with Crippen molar-refractivity contribution >= 4 is 35.8 Å². The number of nitrogens with zero attached hydrogens (tertiary/aromatic N) is 2. The zero-order chi connectivity index (χ0) is 83.6. The van der Waals surface area contributed by atoms with Crippen molar-refractivity contribution in [2.75, 3.05) is 54.5 Å². The molecule has 0 amide bonds. The van der Waals surface area contributed by atoms with Crippen molar-refractivity contribution < 1.29 is 57.2 Å². The van der Waals surface area contributed by atoms with Gasteiger partial charge < -0.3 is 38.2 Å². The first-order chi connectivity index (χ1) is 56.6. The van der Waals surface area contributed by atoms with Crippen LogP contribution in [0.4, 0.5) is 0 Å². The maximum atomic E-state index is 12.7. The number of unbranched alkanes of at least 4 members (excludes halogenated alkanes) is 32. The average molecular weight is 1610 g/mol. The molecule has 0 aromatic heterocycles. The largest absolute Gasteiger partial charge is 0.466 e. The zero-order valence-electron chi connectivity index (χ0n) is 74.5. The Bertz CT molecular complexity index is 2760. The molecular formula is C102H166N2O12. The summed E-state index contributed by atoms with van der Waals surface area (Å²) in [6, 6.07) is 19.7. The fourth-order valence-corrected chi connectivity index (χ4v) is 14.5. The van der Waals surface area contributed by atoms with E-state index < -0.39 is 0 Å². The fraction of sp³-hybridized carbons (Fsp3) is 0.706. The van der Waals surface area contributed by atoms with E-state index in [0.29, 0.717) is 65.0 Å². The normalized spacial score (nSPS) is 13.7. The summed E-state index contributed by atoms with van der Waals surface area (Å²) in [5.74, 6) is -0.418. The van der Waals surface area contributed by atoms with Crippen LogP contribution in [0.5, 0.6) is 0 Å². The van der Waals surface area contributed by atoms with E-state index in [4.69, 9.17) is 28.4 Å². The number of hydrogen-bond donors (Lipinski definition) is 0. The molecule has 0 aliphatic heterocycles. The summed E-state index contributed by atoms with van der Waals surface area (Å²) in [6.07, 6.45) is 88.1. The van der Waals surface area contributed by atoms with Crippen LogP contribution in [0.3, 0.4) is 0 Å². The highest BCUT2D eigenvalue weighted by Crippen LogP contribution is 2.49. The van der Waals surface area contributed by atoms with Crippen molar-refractivity contribution in [2.24, 2.45) is 10.8 Å². The third-order valence-electron chi connectivity index (χ3n) is 22.0. The molecule has 0 radical (unpaired) electrons. The molecule has 2 aromatic rings. The Morgan fingerprint density at radius 3 is 0.784 bits per heavy atom. The molecule has 0 N–H and O–H groups in total. The first kappa shape index (κ1) is 104. The van der Waals surface area contributed by atoms with E-state index in [9.17, 15) is 28.8 Å². The summed E-state index contributed by atoms with van der Waals surface area (Å²) in [4.78, 5) is 76.3. The summed E-state index contributed by atoms with van der Waals surface area (Å²) in [5.41, 5.74) is 2.63. The van der Waals surface area contributed by atoms with Crippen LogP contribution < -0.4 is 0 Å². The van der Waals surface area contributed by atoms with E-state index in [2.05, 4.69) is 96.8 Å². The Balaban J connectivity index is 0.000000640. The van der Waals surface area contributed by atoms with Gasteiger partial charge in [-0.15, -0.1) is 0 Å². The van der Waals surface area contributed by atoms with Crippen molar-refractivity contribution in [1.82, 2.24) is 9.80 Å². The molecule has 0 atom stereocenters. The van der Waals surface area contributed by atoms with Gasteiger partial charge in [-0.25, -0.2) is 0 Å². The van der Waals surface area contributed by atoms with E-state index in [1.165, 1.54) is 154 Å².